The van der Waals surface area contributed by atoms with Crippen LogP contribution in [0.3, 0.4) is 0 Å². The van der Waals surface area contributed by atoms with Gasteiger partial charge in [-0.1, -0.05) is 0 Å². The average molecular weight is 308 g/mol. The van der Waals surface area contributed by atoms with Gasteiger partial charge in [-0.05, 0) is 48.5 Å². The zero-order valence-electron chi connectivity index (χ0n) is 12.2. The van der Waals surface area contributed by atoms with Crippen LogP contribution < -0.4 is 22.9 Å². The summed E-state index contributed by atoms with van der Waals surface area (Å²) in [7, 11) is 0. The highest BCUT2D eigenvalue weighted by molar-refractivity contribution is 5.87. The standard InChI is InChI=1S/C16H16N6O/c17-15(18)21-11-3-1-9(2-4-11)14-8-10-7-12(22-16(19)20)5-6-13(10)23-14/h1-8H,(H4,17,18,21)(H4,19,20,22). The van der Waals surface area contributed by atoms with Crippen molar-refractivity contribution >= 4 is 34.3 Å². The number of guanidine groups is 2. The van der Waals surface area contributed by atoms with E-state index >= 15 is 0 Å². The first-order chi connectivity index (χ1) is 11.0. The number of furan rings is 1. The van der Waals surface area contributed by atoms with Crippen LogP contribution in [0.25, 0.3) is 22.3 Å². The number of nitrogens with two attached hydrogens (primary N) is 4. The van der Waals surface area contributed by atoms with Crippen LogP contribution in [0, 0.1) is 0 Å². The topological polar surface area (TPSA) is 142 Å². The second kappa shape index (κ2) is 5.72. The van der Waals surface area contributed by atoms with Crippen molar-refractivity contribution in [2.45, 2.75) is 0 Å². The maximum Gasteiger partial charge on any atom is 0.191 e. The number of benzene rings is 2. The number of hydrogen-bond donors (Lipinski definition) is 4. The molecule has 8 N–H and O–H groups in total. The second-order valence-corrected chi connectivity index (χ2v) is 4.95. The Morgan fingerprint density at radius 2 is 1.35 bits per heavy atom. The third-order valence-corrected chi connectivity index (χ3v) is 3.17. The van der Waals surface area contributed by atoms with E-state index in [1.807, 2.05) is 42.5 Å². The van der Waals surface area contributed by atoms with Gasteiger partial charge in [0.05, 0.1) is 11.4 Å². The lowest BCUT2D eigenvalue weighted by molar-refractivity contribution is 0.631. The molecule has 23 heavy (non-hydrogen) atoms. The lowest BCUT2D eigenvalue weighted by Gasteiger charge is -1.98. The zero-order chi connectivity index (χ0) is 16.4. The summed E-state index contributed by atoms with van der Waals surface area (Å²) in [6.07, 6.45) is 0. The number of fused-ring (bicyclic) bond motifs is 1. The molecule has 0 saturated carbocycles. The molecule has 0 aliphatic rings. The highest BCUT2D eigenvalue weighted by atomic mass is 16.3. The molecule has 0 aliphatic carbocycles. The Morgan fingerprint density at radius 1 is 0.739 bits per heavy atom. The van der Waals surface area contributed by atoms with Gasteiger partial charge in [0.2, 0.25) is 0 Å². The van der Waals surface area contributed by atoms with Gasteiger partial charge < -0.3 is 27.4 Å². The van der Waals surface area contributed by atoms with Crippen LogP contribution >= 0.6 is 0 Å². The van der Waals surface area contributed by atoms with E-state index in [0.717, 1.165) is 22.3 Å². The van der Waals surface area contributed by atoms with E-state index in [-0.39, 0.29) is 11.9 Å². The van der Waals surface area contributed by atoms with Crippen molar-refractivity contribution in [3.8, 4) is 11.3 Å². The summed E-state index contributed by atoms with van der Waals surface area (Å²) in [5.74, 6) is 0.773. The lowest BCUT2D eigenvalue weighted by Crippen LogP contribution is -2.21. The molecule has 2 aromatic carbocycles. The van der Waals surface area contributed by atoms with Crippen LogP contribution in [0.1, 0.15) is 0 Å². The van der Waals surface area contributed by atoms with Crippen LogP contribution in [0.2, 0.25) is 0 Å². The molecule has 0 aliphatic heterocycles. The molecule has 0 fully saturated rings. The molecule has 7 nitrogen and oxygen atoms in total. The van der Waals surface area contributed by atoms with Crippen LogP contribution in [0.5, 0.6) is 0 Å². The molecule has 0 unspecified atom stereocenters. The van der Waals surface area contributed by atoms with Crippen LogP contribution in [-0.4, -0.2) is 11.9 Å². The molecule has 116 valence electrons. The summed E-state index contributed by atoms with van der Waals surface area (Å²) in [6.45, 7) is 0. The Labute approximate surface area is 132 Å². The second-order valence-electron chi connectivity index (χ2n) is 4.95. The monoisotopic (exact) mass is 308 g/mol. The van der Waals surface area contributed by atoms with Crippen LogP contribution in [0.4, 0.5) is 11.4 Å². The van der Waals surface area contributed by atoms with Gasteiger partial charge in [-0.3, -0.25) is 0 Å². The van der Waals surface area contributed by atoms with E-state index in [9.17, 15) is 0 Å². The fraction of sp³-hybridized carbons (Fsp3) is 0. The molecular formula is C16H16N6O. The van der Waals surface area contributed by atoms with Gasteiger partial charge in [-0.2, -0.15) is 0 Å². The van der Waals surface area contributed by atoms with E-state index in [0.29, 0.717) is 11.4 Å². The minimum absolute atomic E-state index is 0.0170. The molecular weight excluding hydrogens is 292 g/mol. The zero-order valence-corrected chi connectivity index (χ0v) is 12.2. The van der Waals surface area contributed by atoms with Gasteiger partial charge in [-0.15, -0.1) is 0 Å². The molecule has 3 rings (SSSR count). The Morgan fingerprint density at radius 3 is 2.00 bits per heavy atom. The first-order valence-corrected chi connectivity index (χ1v) is 6.84. The van der Waals surface area contributed by atoms with Crippen molar-refractivity contribution in [1.29, 1.82) is 0 Å². The predicted octanol–water partition coefficient (Wildman–Crippen LogP) is 1.91. The van der Waals surface area contributed by atoms with Gasteiger partial charge in [0, 0.05) is 10.9 Å². The van der Waals surface area contributed by atoms with Crippen molar-refractivity contribution in [3.63, 3.8) is 0 Å². The fourth-order valence-electron chi connectivity index (χ4n) is 2.24. The quantitative estimate of drug-likeness (QED) is 0.432. The molecule has 1 heterocycles. The summed E-state index contributed by atoms with van der Waals surface area (Å²) < 4.78 is 5.84. The van der Waals surface area contributed by atoms with Gasteiger partial charge in [0.25, 0.3) is 0 Å². The Bertz CT molecular complexity index is 900. The van der Waals surface area contributed by atoms with E-state index in [1.54, 1.807) is 6.07 Å². The largest absolute Gasteiger partial charge is 0.456 e. The lowest BCUT2D eigenvalue weighted by atomic mass is 10.1. The Kier molecular flexibility index (Phi) is 3.60. The molecule has 0 bridgehead atoms. The van der Waals surface area contributed by atoms with E-state index in [2.05, 4.69) is 9.98 Å². The molecule has 0 amide bonds. The Balaban J connectivity index is 1.97. The Hall–Kier alpha value is -3.48. The minimum atomic E-state index is 0.0170. The number of aliphatic imine (C=N–C) groups is 2. The van der Waals surface area contributed by atoms with Crippen LogP contribution in [0.15, 0.2) is 62.9 Å². The minimum Gasteiger partial charge on any atom is -0.456 e. The average Bonchev–Trinajstić information content (AvgIpc) is 2.90. The summed E-state index contributed by atoms with van der Waals surface area (Å²) in [4.78, 5) is 8.00. The van der Waals surface area contributed by atoms with Crippen molar-refractivity contribution in [2.24, 2.45) is 32.9 Å². The first kappa shape index (κ1) is 14.5. The molecule has 0 radical (unpaired) electrons. The molecule has 0 saturated heterocycles. The number of rotatable bonds is 3. The smallest absolute Gasteiger partial charge is 0.191 e. The molecule has 7 heteroatoms. The van der Waals surface area contributed by atoms with Crippen molar-refractivity contribution in [2.75, 3.05) is 0 Å². The highest BCUT2D eigenvalue weighted by Gasteiger charge is 2.07. The maximum atomic E-state index is 5.84. The summed E-state index contributed by atoms with van der Waals surface area (Å²) in [5, 5.41) is 0.913. The van der Waals surface area contributed by atoms with Gasteiger partial charge in [0.15, 0.2) is 11.9 Å². The third-order valence-electron chi connectivity index (χ3n) is 3.17. The number of hydrogen-bond acceptors (Lipinski definition) is 3. The van der Waals surface area contributed by atoms with Crippen molar-refractivity contribution in [3.05, 3.63) is 48.5 Å². The summed E-state index contributed by atoms with van der Waals surface area (Å²) in [5.41, 5.74) is 24.5. The van der Waals surface area contributed by atoms with Gasteiger partial charge >= 0.3 is 0 Å². The highest BCUT2D eigenvalue weighted by Crippen LogP contribution is 2.31. The van der Waals surface area contributed by atoms with Crippen molar-refractivity contribution in [1.82, 2.24) is 0 Å². The van der Waals surface area contributed by atoms with E-state index in [4.69, 9.17) is 27.4 Å². The van der Waals surface area contributed by atoms with E-state index in [1.165, 1.54) is 0 Å². The molecule has 1 aromatic heterocycles. The number of nitrogens with zero attached hydrogens (tertiary/aromatic N) is 2. The summed E-state index contributed by atoms with van der Waals surface area (Å²) in [6, 6.07) is 14.8. The first-order valence-electron chi connectivity index (χ1n) is 6.84. The van der Waals surface area contributed by atoms with Gasteiger partial charge in [0.1, 0.15) is 11.3 Å². The normalized spacial score (nSPS) is 10.4. The third kappa shape index (κ3) is 3.24. The molecule has 0 spiro atoms. The molecule has 3 aromatic rings. The fourth-order valence-corrected chi connectivity index (χ4v) is 2.24. The summed E-state index contributed by atoms with van der Waals surface area (Å²) >= 11 is 0. The van der Waals surface area contributed by atoms with E-state index < -0.39 is 0 Å². The maximum absolute atomic E-state index is 5.84. The SMILES string of the molecule is NC(N)=Nc1ccc(-c2cc3cc(N=C(N)N)ccc3o2)cc1. The molecule has 0 atom stereocenters. The van der Waals surface area contributed by atoms with Crippen molar-refractivity contribution < 1.29 is 4.42 Å². The predicted molar refractivity (Wildman–Crippen MR) is 92.6 cm³/mol. The van der Waals surface area contributed by atoms with Gasteiger partial charge in [-0.25, -0.2) is 9.98 Å². The van der Waals surface area contributed by atoms with Crippen LogP contribution in [-0.2, 0) is 0 Å².